The van der Waals surface area contributed by atoms with Gasteiger partial charge in [0, 0.05) is 18.0 Å². The van der Waals surface area contributed by atoms with Gasteiger partial charge in [-0.1, -0.05) is 30.3 Å². The Morgan fingerprint density at radius 1 is 1.09 bits per heavy atom. The van der Waals surface area contributed by atoms with Crippen molar-refractivity contribution < 1.29 is 13.2 Å². The van der Waals surface area contributed by atoms with Gasteiger partial charge in [0.05, 0.1) is 16.2 Å². The molecule has 0 bridgehead atoms. The van der Waals surface area contributed by atoms with E-state index in [-0.39, 0.29) is 0 Å². The molecule has 0 saturated heterocycles. The van der Waals surface area contributed by atoms with Crippen LogP contribution in [0.4, 0.5) is 13.2 Å². The molecule has 0 unspecified atom stereocenters. The summed E-state index contributed by atoms with van der Waals surface area (Å²) in [5.41, 5.74) is 1.23. The molecule has 0 aliphatic heterocycles. The molecule has 0 radical (unpaired) electrons. The molecule has 116 valence electrons. The number of thioether (sulfide) groups is 1. The minimum Gasteiger partial charge on any atom is -0.343 e. The molecule has 0 amide bonds. The van der Waals surface area contributed by atoms with Crippen LogP contribution in [0.15, 0.2) is 53.4 Å². The second-order valence-corrected chi connectivity index (χ2v) is 5.82. The van der Waals surface area contributed by atoms with Crippen LogP contribution in [0.3, 0.4) is 0 Å². The quantitative estimate of drug-likeness (QED) is 0.462. The summed E-state index contributed by atoms with van der Waals surface area (Å²) in [6.07, 6.45) is -4.40. The van der Waals surface area contributed by atoms with Gasteiger partial charge >= 0.3 is 6.18 Å². The fourth-order valence-corrected chi connectivity index (χ4v) is 3.40. The number of nitrogens with zero attached hydrogens (tertiary/aromatic N) is 2. The van der Waals surface area contributed by atoms with Crippen molar-refractivity contribution in [2.75, 3.05) is 0 Å². The lowest BCUT2D eigenvalue weighted by Gasteiger charge is -2.10. The number of nitriles is 1. The smallest absolute Gasteiger partial charge is 0.343 e. The number of fused-ring (bicyclic) bond motifs is 1. The SMILES string of the molecule is Cn1c(-c2cccc(C(F)(F)F)c2)c(SC#N)c2ccccc21. The second-order valence-electron chi connectivity index (χ2n) is 5.03. The molecule has 2 nitrogen and oxygen atoms in total. The number of aryl methyl sites for hydroxylation is 1. The molecular weight excluding hydrogens is 321 g/mol. The molecule has 0 N–H and O–H groups in total. The Bertz CT molecular complexity index is 920. The van der Waals surface area contributed by atoms with Crippen LogP contribution in [0.25, 0.3) is 22.2 Å². The second kappa shape index (κ2) is 5.67. The fourth-order valence-electron chi connectivity index (χ4n) is 2.67. The summed E-state index contributed by atoms with van der Waals surface area (Å²) < 4.78 is 40.7. The normalized spacial score (nSPS) is 11.6. The summed E-state index contributed by atoms with van der Waals surface area (Å²) in [5.74, 6) is 0. The highest BCUT2D eigenvalue weighted by Gasteiger charge is 2.31. The van der Waals surface area contributed by atoms with Crippen LogP contribution in [0.1, 0.15) is 5.56 Å². The maximum atomic E-state index is 13.0. The third-order valence-electron chi connectivity index (χ3n) is 3.67. The Morgan fingerprint density at radius 3 is 2.52 bits per heavy atom. The topological polar surface area (TPSA) is 28.7 Å². The van der Waals surface area contributed by atoms with Crippen molar-refractivity contribution in [3.8, 4) is 16.7 Å². The van der Waals surface area contributed by atoms with Gasteiger partial charge in [-0.3, -0.25) is 0 Å². The predicted octanol–water partition coefficient (Wildman–Crippen LogP) is 5.44. The van der Waals surface area contributed by atoms with Gasteiger partial charge in [-0.25, -0.2) is 0 Å². The maximum Gasteiger partial charge on any atom is 0.416 e. The lowest BCUT2D eigenvalue weighted by Crippen LogP contribution is -2.05. The summed E-state index contributed by atoms with van der Waals surface area (Å²) in [6, 6.07) is 12.6. The Hall–Kier alpha value is -2.39. The van der Waals surface area contributed by atoms with Gasteiger partial charge in [0.1, 0.15) is 5.40 Å². The van der Waals surface area contributed by atoms with E-state index in [0.717, 1.165) is 34.8 Å². The van der Waals surface area contributed by atoms with Crippen LogP contribution in [0.2, 0.25) is 0 Å². The van der Waals surface area contributed by atoms with Gasteiger partial charge in [-0.05, 0) is 35.5 Å². The minimum absolute atomic E-state index is 0.441. The number of rotatable bonds is 2. The molecule has 0 spiro atoms. The van der Waals surface area contributed by atoms with Gasteiger partial charge in [0.2, 0.25) is 0 Å². The van der Waals surface area contributed by atoms with E-state index < -0.39 is 11.7 Å². The van der Waals surface area contributed by atoms with Crippen LogP contribution >= 0.6 is 11.8 Å². The first-order valence-corrected chi connectivity index (χ1v) is 7.56. The van der Waals surface area contributed by atoms with E-state index in [0.29, 0.717) is 16.2 Å². The van der Waals surface area contributed by atoms with E-state index in [1.54, 1.807) is 13.1 Å². The highest BCUT2D eigenvalue weighted by molar-refractivity contribution is 8.04. The third-order valence-corrected chi connectivity index (χ3v) is 4.38. The lowest BCUT2D eigenvalue weighted by molar-refractivity contribution is -0.137. The van der Waals surface area contributed by atoms with Gasteiger partial charge in [0.15, 0.2) is 0 Å². The summed E-state index contributed by atoms with van der Waals surface area (Å²) in [7, 11) is 1.79. The van der Waals surface area contributed by atoms with Crippen molar-refractivity contribution in [3.05, 3.63) is 54.1 Å². The summed E-state index contributed by atoms with van der Waals surface area (Å²) in [6.45, 7) is 0. The van der Waals surface area contributed by atoms with Gasteiger partial charge in [-0.15, -0.1) is 0 Å². The third kappa shape index (κ3) is 2.68. The highest BCUT2D eigenvalue weighted by atomic mass is 32.2. The zero-order valence-electron chi connectivity index (χ0n) is 12.1. The van der Waals surface area contributed by atoms with E-state index in [2.05, 4.69) is 0 Å². The van der Waals surface area contributed by atoms with Crippen LogP contribution < -0.4 is 0 Å². The van der Waals surface area contributed by atoms with Crippen molar-refractivity contribution in [2.24, 2.45) is 7.05 Å². The van der Waals surface area contributed by atoms with Crippen LogP contribution in [-0.4, -0.2) is 4.57 Å². The van der Waals surface area contributed by atoms with Crippen molar-refractivity contribution in [1.82, 2.24) is 4.57 Å². The number of benzene rings is 2. The van der Waals surface area contributed by atoms with Crippen molar-refractivity contribution in [2.45, 2.75) is 11.1 Å². The van der Waals surface area contributed by atoms with E-state index >= 15 is 0 Å². The molecule has 0 aliphatic rings. The fraction of sp³-hybridized carbons (Fsp3) is 0.118. The number of aromatic nitrogens is 1. The maximum absolute atomic E-state index is 13.0. The number of thiocyanates is 1. The lowest BCUT2D eigenvalue weighted by atomic mass is 10.1. The van der Waals surface area contributed by atoms with Crippen molar-refractivity contribution in [1.29, 1.82) is 5.26 Å². The molecule has 0 atom stereocenters. The molecule has 23 heavy (non-hydrogen) atoms. The molecule has 3 rings (SSSR count). The monoisotopic (exact) mass is 332 g/mol. The molecule has 2 aromatic carbocycles. The predicted molar refractivity (Wildman–Crippen MR) is 84.8 cm³/mol. The summed E-state index contributed by atoms with van der Waals surface area (Å²) in [5, 5.41) is 11.9. The van der Waals surface area contributed by atoms with Crippen molar-refractivity contribution >= 4 is 22.7 Å². The minimum atomic E-state index is -4.40. The molecule has 0 saturated carbocycles. The first-order chi connectivity index (χ1) is 10.9. The van der Waals surface area contributed by atoms with E-state index in [1.165, 1.54) is 6.07 Å². The van der Waals surface area contributed by atoms with Crippen LogP contribution in [0.5, 0.6) is 0 Å². The molecular formula is C17H11F3N2S. The summed E-state index contributed by atoms with van der Waals surface area (Å²) in [4.78, 5) is 0.671. The van der Waals surface area contributed by atoms with Gasteiger partial charge in [0.25, 0.3) is 0 Å². The average Bonchev–Trinajstić information content (AvgIpc) is 2.80. The van der Waals surface area contributed by atoms with Crippen molar-refractivity contribution in [3.63, 3.8) is 0 Å². The number of hydrogen-bond acceptors (Lipinski definition) is 2. The van der Waals surface area contributed by atoms with Crippen LogP contribution in [-0.2, 0) is 13.2 Å². The van der Waals surface area contributed by atoms with Gasteiger partial charge in [-0.2, -0.15) is 18.4 Å². The molecule has 0 fully saturated rings. The Balaban J connectivity index is 2.30. The first-order valence-electron chi connectivity index (χ1n) is 6.74. The molecule has 1 aromatic heterocycles. The Labute approximate surface area is 135 Å². The number of alkyl halides is 3. The molecule has 6 heteroatoms. The first kappa shape index (κ1) is 15.5. The summed E-state index contributed by atoms with van der Waals surface area (Å²) >= 11 is 0.964. The number of halogens is 3. The highest BCUT2D eigenvalue weighted by Crippen LogP contribution is 2.40. The largest absolute Gasteiger partial charge is 0.416 e. The molecule has 3 aromatic rings. The van der Waals surface area contributed by atoms with Crippen LogP contribution in [0, 0.1) is 10.7 Å². The molecule has 1 heterocycles. The zero-order valence-corrected chi connectivity index (χ0v) is 12.9. The van der Waals surface area contributed by atoms with E-state index in [9.17, 15) is 13.2 Å². The van der Waals surface area contributed by atoms with Gasteiger partial charge < -0.3 is 4.57 Å². The average molecular weight is 332 g/mol. The number of hydrogen-bond donors (Lipinski definition) is 0. The molecule has 0 aliphatic carbocycles. The standard InChI is InChI=1S/C17H11F3N2S/c1-22-14-8-3-2-7-13(14)16(23-10-21)15(22)11-5-4-6-12(9-11)17(18,19)20/h2-9H,1H3. The number of para-hydroxylation sites is 1. The zero-order chi connectivity index (χ0) is 16.6. The van der Waals surface area contributed by atoms with E-state index in [1.807, 2.05) is 34.2 Å². The Kier molecular flexibility index (Phi) is 3.82. The Morgan fingerprint density at radius 2 is 1.83 bits per heavy atom. The van der Waals surface area contributed by atoms with E-state index in [4.69, 9.17) is 5.26 Å².